The number of nitrogens with one attached hydrogen (secondary N) is 2. The lowest BCUT2D eigenvalue weighted by Crippen LogP contribution is -2.16. The highest BCUT2D eigenvalue weighted by atomic mass is 16.2. The lowest BCUT2D eigenvalue weighted by molar-refractivity contribution is 0.1000. The first-order chi connectivity index (χ1) is 13.5. The van der Waals surface area contributed by atoms with Crippen LogP contribution in [0.2, 0.25) is 0 Å². The van der Waals surface area contributed by atoms with E-state index < -0.39 is 5.91 Å². The van der Waals surface area contributed by atoms with E-state index in [4.69, 9.17) is 5.73 Å². The molecule has 138 valence electrons. The molecule has 2 amide bonds. The predicted molar refractivity (Wildman–Crippen MR) is 109 cm³/mol. The van der Waals surface area contributed by atoms with Gasteiger partial charge in [-0.1, -0.05) is 18.2 Å². The molecule has 4 N–H and O–H groups in total. The van der Waals surface area contributed by atoms with Crippen molar-refractivity contribution < 1.29 is 9.59 Å². The summed E-state index contributed by atoms with van der Waals surface area (Å²) in [6.45, 7) is 1.81. The second kappa shape index (κ2) is 7.00. The van der Waals surface area contributed by atoms with Crippen LogP contribution in [0.5, 0.6) is 0 Å². The van der Waals surface area contributed by atoms with Gasteiger partial charge in [0.2, 0.25) is 5.91 Å². The van der Waals surface area contributed by atoms with E-state index in [1.165, 1.54) is 6.07 Å². The number of aromatic amines is 1. The Morgan fingerprint density at radius 1 is 1.00 bits per heavy atom. The van der Waals surface area contributed by atoms with Crippen LogP contribution in [0.15, 0.2) is 66.7 Å². The molecule has 28 heavy (non-hydrogen) atoms. The molecule has 3 aromatic carbocycles. The molecule has 0 saturated heterocycles. The summed E-state index contributed by atoms with van der Waals surface area (Å²) < 4.78 is 0. The molecule has 0 fully saturated rings. The van der Waals surface area contributed by atoms with E-state index in [-0.39, 0.29) is 5.91 Å². The fourth-order valence-electron chi connectivity index (χ4n) is 3.02. The molecule has 0 unspecified atom stereocenters. The molecular formula is C22H18N4O2. The first kappa shape index (κ1) is 17.5. The van der Waals surface area contributed by atoms with Gasteiger partial charge in [-0.3, -0.25) is 9.59 Å². The van der Waals surface area contributed by atoms with Crippen molar-refractivity contribution in [1.29, 1.82) is 0 Å². The second-order valence-electron chi connectivity index (χ2n) is 6.53. The summed E-state index contributed by atoms with van der Waals surface area (Å²) in [5.74, 6) is -0.0922. The van der Waals surface area contributed by atoms with Gasteiger partial charge >= 0.3 is 0 Å². The minimum absolute atomic E-state index is 0.294. The van der Waals surface area contributed by atoms with Gasteiger partial charge in [-0.25, -0.2) is 4.98 Å². The summed E-state index contributed by atoms with van der Waals surface area (Å²) in [6.07, 6.45) is 0. The van der Waals surface area contributed by atoms with Crippen molar-refractivity contribution in [2.45, 2.75) is 6.92 Å². The zero-order valence-electron chi connectivity index (χ0n) is 15.2. The molecule has 6 nitrogen and oxygen atoms in total. The number of aryl methyl sites for hydroxylation is 1. The Morgan fingerprint density at radius 2 is 1.75 bits per heavy atom. The number of amides is 2. The van der Waals surface area contributed by atoms with Crippen LogP contribution in [0.1, 0.15) is 26.3 Å². The second-order valence-corrected chi connectivity index (χ2v) is 6.53. The number of H-pyrrole nitrogens is 1. The Balaban J connectivity index is 1.55. The van der Waals surface area contributed by atoms with E-state index in [1.54, 1.807) is 12.1 Å². The molecule has 1 aromatic heterocycles. The van der Waals surface area contributed by atoms with Crippen molar-refractivity contribution in [3.63, 3.8) is 0 Å². The maximum absolute atomic E-state index is 12.6. The Morgan fingerprint density at radius 3 is 2.46 bits per heavy atom. The van der Waals surface area contributed by atoms with Crippen LogP contribution in [0.4, 0.5) is 5.69 Å². The molecule has 0 radical (unpaired) electrons. The van der Waals surface area contributed by atoms with E-state index in [0.29, 0.717) is 16.8 Å². The predicted octanol–water partition coefficient (Wildman–Crippen LogP) is 3.89. The number of carbonyl (C=O) groups excluding carboxylic acids is 2. The van der Waals surface area contributed by atoms with Crippen LogP contribution in [0.3, 0.4) is 0 Å². The van der Waals surface area contributed by atoms with E-state index in [2.05, 4.69) is 15.3 Å². The van der Waals surface area contributed by atoms with Gasteiger partial charge < -0.3 is 16.0 Å². The molecule has 4 rings (SSSR count). The monoisotopic (exact) mass is 370 g/mol. The summed E-state index contributed by atoms with van der Waals surface area (Å²) in [5, 5.41) is 2.85. The molecule has 1 heterocycles. The van der Waals surface area contributed by atoms with Gasteiger partial charge in [-0.15, -0.1) is 0 Å². The lowest BCUT2D eigenvalue weighted by atomic mass is 10.0. The van der Waals surface area contributed by atoms with Crippen molar-refractivity contribution in [2.75, 3.05) is 5.32 Å². The molecule has 4 aromatic rings. The van der Waals surface area contributed by atoms with Crippen LogP contribution in [-0.4, -0.2) is 21.8 Å². The molecule has 0 bridgehead atoms. The molecule has 0 saturated carbocycles. The first-order valence-electron chi connectivity index (χ1n) is 8.78. The number of imidazole rings is 1. The summed E-state index contributed by atoms with van der Waals surface area (Å²) in [7, 11) is 0. The van der Waals surface area contributed by atoms with Crippen molar-refractivity contribution in [1.82, 2.24) is 9.97 Å². The third kappa shape index (κ3) is 3.35. The Kier molecular flexibility index (Phi) is 4.37. The Bertz CT molecular complexity index is 1160. The van der Waals surface area contributed by atoms with E-state index in [1.807, 2.05) is 55.5 Å². The maximum Gasteiger partial charge on any atom is 0.255 e. The minimum atomic E-state index is -0.566. The number of nitrogens with zero attached hydrogens (tertiary/aromatic N) is 1. The highest BCUT2D eigenvalue weighted by molar-refractivity contribution is 6.07. The fourth-order valence-corrected chi connectivity index (χ4v) is 3.02. The third-order valence-electron chi connectivity index (χ3n) is 4.57. The largest absolute Gasteiger partial charge is 0.366 e. The van der Waals surface area contributed by atoms with Gasteiger partial charge in [0.05, 0.1) is 11.0 Å². The highest BCUT2D eigenvalue weighted by Crippen LogP contribution is 2.22. The summed E-state index contributed by atoms with van der Waals surface area (Å²) in [5.41, 5.74) is 10.2. The van der Waals surface area contributed by atoms with Crippen LogP contribution in [0.25, 0.3) is 22.4 Å². The number of hydrogen-bond acceptors (Lipinski definition) is 3. The van der Waals surface area contributed by atoms with E-state index >= 15 is 0 Å². The number of anilines is 1. The molecule has 0 aliphatic heterocycles. The number of benzene rings is 3. The number of hydrogen-bond donors (Lipinski definition) is 3. The van der Waals surface area contributed by atoms with E-state index in [0.717, 1.165) is 28.0 Å². The van der Waals surface area contributed by atoms with Gasteiger partial charge in [0.15, 0.2) is 0 Å². The molecule has 0 atom stereocenters. The van der Waals surface area contributed by atoms with Crippen LogP contribution in [-0.2, 0) is 0 Å². The topological polar surface area (TPSA) is 101 Å². The first-order valence-corrected chi connectivity index (χ1v) is 8.78. The third-order valence-corrected chi connectivity index (χ3v) is 4.57. The summed E-state index contributed by atoms with van der Waals surface area (Å²) in [4.78, 5) is 31.8. The quantitative estimate of drug-likeness (QED) is 0.508. The van der Waals surface area contributed by atoms with Crippen molar-refractivity contribution in [3.8, 4) is 11.4 Å². The number of fused-ring (bicyclic) bond motifs is 1. The zero-order valence-corrected chi connectivity index (χ0v) is 15.2. The lowest BCUT2D eigenvalue weighted by Gasteiger charge is -2.09. The van der Waals surface area contributed by atoms with E-state index in [9.17, 15) is 9.59 Å². The number of aromatic nitrogens is 2. The van der Waals surface area contributed by atoms with Crippen molar-refractivity contribution in [2.24, 2.45) is 5.73 Å². The number of para-hydroxylation sites is 2. The molecule has 6 heteroatoms. The Hall–Kier alpha value is -3.93. The summed E-state index contributed by atoms with van der Waals surface area (Å²) >= 11 is 0. The molecule has 0 aliphatic carbocycles. The number of primary amides is 1. The van der Waals surface area contributed by atoms with Gasteiger partial charge in [0, 0.05) is 22.4 Å². The van der Waals surface area contributed by atoms with Crippen LogP contribution < -0.4 is 11.1 Å². The number of carbonyl (C=O) groups is 2. The number of nitrogens with two attached hydrogens (primary N) is 1. The molecule has 0 aliphatic rings. The fraction of sp³-hybridized carbons (Fsp3) is 0.0455. The molecule has 0 spiro atoms. The van der Waals surface area contributed by atoms with Gasteiger partial charge in [-0.2, -0.15) is 0 Å². The smallest absolute Gasteiger partial charge is 0.255 e. The van der Waals surface area contributed by atoms with Crippen molar-refractivity contribution >= 4 is 28.5 Å². The minimum Gasteiger partial charge on any atom is -0.366 e. The van der Waals surface area contributed by atoms with Gasteiger partial charge in [-0.05, 0) is 61.0 Å². The average molecular weight is 370 g/mol. The SMILES string of the molecule is Cc1ccc(C(N)=O)cc1C(=O)Nc1ccc(-c2nc3ccccc3[nH]2)cc1. The standard InChI is InChI=1S/C22H18N4O2/c1-13-6-7-15(20(23)27)12-17(13)22(28)24-16-10-8-14(9-11-16)21-25-18-4-2-3-5-19(18)26-21/h2-12H,1H3,(H2,23,27)(H,24,28)(H,25,26). The van der Waals surface area contributed by atoms with Gasteiger partial charge in [0.1, 0.15) is 5.82 Å². The zero-order chi connectivity index (χ0) is 19.7. The highest BCUT2D eigenvalue weighted by Gasteiger charge is 2.13. The van der Waals surface area contributed by atoms with Crippen LogP contribution >= 0.6 is 0 Å². The molecular weight excluding hydrogens is 352 g/mol. The Labute approximate surface area is 161 Å². The van der Waals surface area contributed by atoms with Gasteiger partial charge in [0.25, 0.3) is 5.91 Å². The normalized spacial score (nSPS) is 10.8. The van der Waals surface area contributed by atoms with Crippen LogP contribution in [0, 0.1) is 6.92 Å². The summed E-state index contributed by atoms with van der Waals surface area (Å²) in [6, 6.07) is 20.1. The number of rotatable bonds is 4. The maximum atomic E-state index is 12.6. The van der Waals surface area contributed by atoms with Crippen molar-refractivity contribution in [3.05, 3.63) is 83.4 Å². The average Bonchev–Trinajstić information content (AvgIpc) is 3.13.